The van der Waals surface area contributed by atoms with Crippen LogP contribution in [0.2, 0.25) is 10.0 Å². The number of H-pyrrole nitrogens is 1. The van der Waals surface area contributed by atoms with Crippen molar-refractivity contribution in [3.8, 4) is 5.82 Å². The van der Waals surface area contributed by atoms with E-state index in [0.717, 1.165) is 12.1 Å². The summed E-state index contributed by atoms with van der Waals surface area (Å²) in [6.07, 6.45) is 4.06. The van der Waals surface area contributed by atoms with Crippen molar-refractivity contribution in [2.75, 3.05) is 18.4 Å². The van der Waals surface area contributed by atoms with Gasteiger partial charge in [-0.05, 0) is 36.8 Å². The maximum absolute atomic E-state index is 15.2. The summed E-state index contributed by atoms with van der Waals surface area (Å²) < 4.78 is 31.5. The van der Waals surface area contributed by atoms with E-state index in [0.29, 0.717) is 5.82 Å². The molecule has 0 bridgehead atoms. The third-order valence-electron chi connectivity index (χ3n) is 6.22. The Labute approximate surface area is 213 Å². The molecule has 5 rings (SSSR count). The van der Waals surface area contributed by atoms with E-state index in [9.17, 15) is 9.59 Å². The second-order valence-corrected chi connectivity index (χ2v) is 9.14. The van der Waals surface area contributed by atoms with Crippen molar-refractivity contribution in [1.29, 1.82) is 0 Å². The van der Waals surface area contributed by atoms with E-state index in [1.807, 2.05) is 0 Å². The summed E-state index contributed by atoms with van der Waals surface area (Å²) in [7, 11) is 0. The number of aromatic nitrogens is 4. The molecule has 0 spiro atoms. The first-order valence-electron chi connectivity index (χ1n) is 10.8. The van der Waals surface area contributed by atoms with Crippen LogP contribution in [0, 0.1) is 11.6 Å². The molecule has 0 saturated carbocycles. The molecule has 36 heavy (non-hydrogen) atoms. The summed E-state index contributed by atoms with van der Waals surface area (Å²) in [6, 6.07) is 6.66. The molecule has 1 amide bonds. The summed E-state index contributed by atoms with van der Waals surface area (Å²) in [5.74, 6) is -1.40. The SMILES string of the molecule is C=CC(=O)N1CC[C@@](Nc2cc(F)c3ncn(-c4ccn[nH]4)c(=O)c3c2)(c2c(F)ccc(Cl)c2Cl)C1. The van der Waals surface area contributed by atoms with Crippen molar-refractivity contribution in [2.24, 2.45) is 0 Å². The van der Waals surface area contributed by atoms with Crippen LogP contribution in [0.25, 0.3) is 16.7 Å². The zero-order valence-electron chi connectivity index (χ0n) is 18.6. The lowest BCUT2D eigenvalue weighted by Crippen LogP contribution is -2.41. The van der Waals surface area contributed by atoms with Gasteiger partial charge in [-0.15, -0.1) is 0 Å². The Bertz CT molecular complexity index is 1570. The second-order valence-electron chi connectivity index (χ2n) is 8.36. The van der Waals surface area contributed by atoms with Crippen LogP contribution in [0.5, 0.6) is 0 Å². The predicted molar refractivity (Wildman–Crippen MR) is 133 cm³/mol. The van der Waals surface area contributed by atoms with Crippen LogP contribution in [0.3, 0.4) is 0 Å². The molecule has 0 unspecified atom stereocenters. The molecule has 2 aromatic heterocycles. The zero-order chi connectivity index (χ0) is 25.6. The highest BCUT2D eigenvalue weighted by molar-refractivity contribution is 6.42. The quantitative estimate of drug-likeness (QED) is 0.294. The van der Waals surface area contributed by atoms with Gasteiger partial charge in [-0.2, -0.15) is 5.10 Å². The van der Waals surface area contributed by atoms with Crippen LogP contribution >= 0.6 is 23.2 Å². The van der Waals surface area contributed by atoms with Crippen molar-refractivity contribution in [3.05, 3.63) is 93.1 Å². The summed E-state index contributed by atoms with van der Waals surface area (Å²) in [4.78, 5) is 31.1. The fraction of sp³-hybridized carbons (Fsp3) is 0.167. The molecule has 184 valence electrons. The van der Waals surface area contributed by atoms with E-state index in [4.69, 9.17) is 23.2 Å². The fourth-order valence-electron chi connectivity index (χ4n) is 4.56. The minimum absolute atomic E-state index is 0.0000909. The summed E-state index contributed by atoms with van der Waals surface area (Å²) in [6.45, 7) is 3.76. The number of amides is 1. The molecule has 2 aromatic carbocycles. The fourth-order valence-corrected chi connectivity index (χ4v) is 5.05. The van der Waals surface area contributed by atoms with E-state index in [2.05, 4.69) is 27.1 Å². The smallest absolute Gasteiger partial charge is 0.267 e. The Morgan fingerprint density at radius 3 is 2.75 bits per heavy atom. The number of nitrogens with one attached hydrogen (secondary N) is 2. The second kappa shape index (κ2) is 9.03. The van der Waals surface area contributed by atoms with Crippen molar-refractivity contribution in [2.45, 2.75) is 12.0 Å². The van der Waals surface area contributed by atoms with E-state index >= 15 is 8.78 Å². The van der Waals surface area contributed by atoms with Gasteiger partial charge in [0.1, 0.15) is 23.5 Å². The third-order valence-corrected chi connectivity index (χ3v) is 7.03. The Balaban J connectivity index is 1.66. The number of hydrogen-bond donors (Lipinski definition) is 2. The number of hydrogen-bond acceptors (Lipinski definition) is 5. The number of fused-ring (bicyclic) bond motifs is 1. The molecular weight excluding hydrogens is 513 g/mol. The first-order chi connectivity index (χ1) is 17.2. The largest absolute Gasteiger partial charge is 0.373 e. The molecule has 1 atom stereocenters. The number of anilines is 1. The highest BCUT2D eigenvalue weighted by Crippen LogP contribution is 2.43. The molecule has 1 fully saturated rings. The van der Waals surface area contributed by atoms with E-state index in [1.165, 1.54) is 40.2 Å². The van der Waals surface area contributed by atoms with Gasteiger partial charge in [0.2, 0.25) is 5.91 Å². The summed E-state index contributed by atoms with van der Waals surface area (Å²) in [5, 5.41) is 9.72. The van der Waals surface area contributed by atoms with Gasteiger partial charge in [0, 0.05) is 30.4 Å². The number of carbonyl (C=O) groups excluding carboxylic acids is 1. The lowest BCUT2D eigenvalue weighted by molar-refractivity contribution is -0.125. The van der Waals surface area contributed by atoms with E-state index < -0.39 is 22.7 Å². The minimum Gasteiger partial charge on any atom is -0.373 e. The average molecular weight is 531 g/mol. The molecule has 3 heterocycles. The maximum atomic E-state index is 15.2. The Morgan fingerprint density at radius 2 is 2.03 bits per heavy atom. The third kappa shape index (κ3) is 3.92. The molecule has 8 nitrogen and oxygen atoms in total. The van der Waals surface area contributed by atoms with Gasteiger partial charge in [-0.1, -0.05) is 29.8 Å². The lowest BCUT2D eigenvalue weighted by atomic mass is 9.87. The molecule has 1 aliphatic heterocycles. The Kier molecular flexibility index (Phi) is 6.01. The van der Waals surface area contributed by atoms with Crippen molar-refractivity contribution in [3.63, 3.8) is 0 Å². The monoisotopic (exact) mass is 530 g/mol. The standard InChI is InChI=1S/C24H18Cl2F2N6O2/c1-2-19(35)33-8-6-24(11-33,20-16(27)4-3-15(25)21(20)26)31-13-9-14-22(17(28)10-13)29-12-34(23(14)36)18-5-7-30-32-18/h2-5,7,9-10,12,31H,1,6,8,11H2,(H,30,32)/t24-/m0/s1. The minimum atomic E-state index is -1.27. The van der Waals surface area contributed by atoms with Crippen LogP contribution in [0.1, 0.15) is 12.0 Å². The maximum Gasteiger partial charge on any atom is 0.267 e. The van der Waals surface area contributed by atoms with Crippen molar-refractivity contribution in [1.82, 2.24) is 24.6 Å². The molecule has 2 N–H and O–H groups in total. The van der Waals surface area contributed by atoms with Crippen molar-refractivity contribution < 1.29 is 13.6 Å². The van der Waals surface area contributed by atoms with E-state index in [1.54, 1.807) is 6.07 Å². The van der Waals surface area contributed by atoms with Crippen LogP contribution in [-0.4, -0.2) is 43.6 Å². The van der Waals surface area contributed by atoms with Gasteiger partial charge < -0.3 is 10.2 Å². The Hall–Kier alpha value is -3.76. The first kappa shape index (κ1) is 24.0. The van der Waals surface area contributed by atoms with E-state index in [-0.39, 0.29) is 57.6 Å². The van der Waals surface area contributed by atoms with Gasteiger partial charge in [0.15, 0.2) is 5.82 Å². The van der Waals surface area contributed by atoms with Crippen LogP contribution in [-0.2, 0) is 10.3 Å². The zero-order valence-corrected chi connectivity index (χ0v) is 20.1. The van der Waals surface area contributed by atoms with Gasteiger partial charge in [0.25, 0.3) is 5.56 Å². The van der Waals surface area contributed by atoms with Gasteiger partial charge in [0.05, 0.1) is 27.2 Å². The van der Waals surface area contributed by atoms with Gasteiger partial charge >= 0.3 is 0 Å². The van der Waals surface area contributed by atoms with Crippen LogP contribution in [0.4, 0.5) is 14.5 Å². The molecule has 12 heteroatoms. The number of likely N-dealkylation sites (tertiary alicyclic amines) is 1. The first-order valence-corrected chi connectivity index (χ1v) is 11.5. The molecule has 1 saturated heterocycles. The lowest BCUT2D eigenvalue weighted by Gasteiger charge is -2.33. The number of rotatable bonds is 5. The van der Waals surface area contributed by atoms with Gasteiger partial charge in [-0.3, -0.25) is 19.3 Å². The topological polar surface area (TPSA) is 95.9 Å². The average Bonchev–Trinajstić information content (AvgIpc) is 3.53. The normalized spacial score (nSPS) is 17.5. The molecule has 0 radical (unpaired) electrons. The van der Waals surface area contributed by atoms with Gasteiger partial charge in [-0.25, -0.2) is 13.8 Å². The predicted octanol–water partition coefficient (Wildman–Crippen LogP) is 4.42. The highest BCUT2D eigenvalue weighted by Gasteiger charge is 2.44. The number of benzene rings is 2. The molecule has 0 aliphatic carbocycles. The molecule has 1 aliphatic rings. The number of halogens is 4. The highest BCUT2D eigenvalue weighted by atomic mass is 35.5. The molecule has 4 aromatic rings. The van der Waals surface area contributed by atoms with Crippen LogP contribution < -0.4 is 10.9 Å². The van der Waals surface area contributed by atoms with Crippen LogP contribution in [0.15, 0.2) is 60.3 Å². The summed E-state index contributed by atoms with van der Waals surface area (Å²) >= 11 is 12.6. The van der Waals surface area contributed by atoms with Crippen molar-refractivity contribution >= 4 is 45.7 Å². The summed E-state index contributed by atoms with van der Waals surface area (Å²) in [5.41, 5.74) is -1.72. The molecular formula is C24H18Cl2F2N6O2. The number of aromatic amines is 1. The number of carbonyl (C=O) groups is 1. The Morgan fingerprint density at radius 1 is 1.22 bits per heavy atom. The number of nitrogens with zero attached hydrogens (tertiary/aromatic N) is 4.